The normalized spacial score (nSPS) is 16.7. The summed E-state index contributed by atoms with van der Waals surface area (Å²) in [7, 11) is 0. The largest absolute Gasteiger partial charge is 0.341 e. The molecule has 1 atom stereocenters. The van der Waals surface area contributed by atoms with Crippen molar-refractivity contribution in [1.82, 2.24) is 15.1 Å². The maximum atomic E-state index is 12.9. The number of hydrogen-bond donors (Lipinski definition) is 0. The topological polar surface area (TPSA) is 46.1 Å². The first-order valence-corrected chi connectivity index (χ1v) is 8.87. The van der Waals surface area contributed by atoms with E-state index >= 15 is 0 Å². The number of nitrogens with zero attached hydrogens (tertiary/aromatic N) is 3. The first-order chi connectivity index (χ1) is 10.3. The second kappa shape index (κ2) is 7.04. The number of aromatic nitrogens is 2. The van der Waals surface area contributed by atoms with Gasteiger partial charge in [-0.2, -0.15) is 0 Å². The highest BCUT2D eigenvalue weighted by molar-refractivity contribution is 8.01. The van der Waals surface area contributed by atoms with Gasteiger partial charge in [0.25, 0.3) is 0 Å². The van der Waals surface area contributed by atoms with Crippen LogP contribution in [0.5, 0.6) is 0 Å². The Labute approximate surface area is 132 Å². The van der Waals surface area contributed by atoms with Crippen LogP contribution in [0.2, 0.25) is 0 Å². The lowest BCUT2D eigenvalue weighted by Crippen LogP contribution is -2.38. The Kier molecular flexibility index (Phi) is 4.87. The SMILES string of the molecule is O=C([C@@H](Sc1nncs1)c1ccccc1)N1CCCCC1. The van der Waals surface area contributed by atoms with Crippen LogP contribution in [-0.4, -0.2) is 34.1 Å². The average molecular weight is 319 g/mol. The van der Waals surface area contributed by atoms with Crippen LogP contribution in [-0.2, 0) is 4.79 Å². The molecular weight excluding hydrogens is 302 g/mol. The highest BCUT2D eigenvalue weighted by Crippen LogP contribution is 2.37. The molecule has 0 unspecified atom stereocenters. The third-order valence-electron chi connectivity index (χ3n) is 3.55. The van der Waals surface area contributed by atoms with Gasteiger partial charge in [-0.05, 0) is 24.8 Å². The summed E-state index contributed by atoms with van der Waals surface area (Å²) in [6.07, 6.45) is 3.44. The van der Waals surface area contributed by atoms with Gasteiger partial charge in [0.05, 0.1) is 0 Å². The lowest BCUT2D eigenvalue weighted by molar-refractivity contribution is -0.131. The van der Waals surface area contributed by atoms with E-state index in [9.17, 15) is 4.79 Å². The molecule has 0 bridgehead atoms. The van der Waals surface area contributed by atoms with Crippen LogP contribution >= 0.6 is 23.1 Å². The quantitative estimate of drug-likeness (QED) is 0.811. The minimum atomic E-state index is -0.225. The van der Waals surface area contributed by atoms with E-state index < -0.39 is 0 Å². The molecule has 1 aromatic carbocycles. The zero-order chi connectivity index (χ0) is 14.5. The van der Waals surface area contributed by atoms with Crippen LogP contribution in [0.25, 0.3) is 0 Å². The molecule has 0 saturated carbocycles. The first-order valence-electron chi connectivity index (χ1n) is 7.11. The molecule has 1 amide bonds. The molecule has 0 N–H and O–H groups in total. The summed E-state index contributed by atoms with van der Waals surface area (Å²) in [4.78, 5) is 14.9. The number of piperidine rings is 1. The smallest absolute Gasteiger partial charge is 0.240 e. The molecule has 2 aromatic rings. The van der Waals surface area contributed by atoms with E-state index in [0.717, 1.165) is 35.8 Å². The Morgan fingerprint density at radius 2 is 1.95 bits per heavy atom. The molecular formula is C15H17N3OS2. The monoisotopic (exact) mass is 319 g/mol. The molecule has 1 saturated heterocycles. The lowest BCUT2D eigenvalue weighted by Gasteiger charge is -2.30. The van der Waals surface area contributed by atoms with E-state index in [2.05, 4.69) is 10.2 Å². The fourth-order valence-electron chi connectivity index (χ4n) is 2.48. The summed E-state index contributed by atoms with van der Waals surface area (Å²) in [6, 6.07) is 9.96. The van der Waals surface area contributed by atoms with Gasteiger partial charge in [-0.3, -0.25) is 4.79 Å². The minimum Gasteiger partial charge on any atom is -0.341 e. The van der Waals surface area contributed by atoms with Crippen molar-refractivity contribution in [2.24, 2.45) is 0 Å². The van der Waals surface area contributed by atoms with E-state index in [1.807, 2.05) is 35.2 Å². The van der Waals surface area contributed by atoms with E-state index in [0.29, 0.717) is 0 Å². The second-order valence-electron chi connectivity index (χ2n) is 5.00. The van der Waals surface area contributed by atoms with Gasteiger partial charge in [-0.1, -0.05) is 53.4 Å². The molecule has 21 heavy (non-hydrogen) atoms. The number of thioether (sulfide) groups is 1. The van der Waals surface area contributed by atoms with Gasteiger partial charge >= 0.3 is 0 Å². The molecule has 1 aliphatic heterocycles. The van der Waals surface area contributed by atoms with Crippen molar-refractivity contribution in [2.45, 2.75) is 28.9 Å². The Morgan fingerprint density at radius 1 is 1.19 bits per heavy atom. The number of hydrogen-bond acceptors (Lipinski definition) is 5. The van der Waals surface area contributed by atoms with Crippen molar-refractivity contribution in [3.05, 3.63) is 41.4 Å². The third-order valence-corrected chi connectivity index (χ3v) is 5.61. The molecule has 0 radical (unpaired) electrons. The minimum absolute atomic E-state index is 0.195. The second-order valence-corrected chi connectivity index (χ2v) is 7.18. The van der Waals surface area contributed by atoms with Gasteiger partial charge in [-0.15, -0.1) is 10.2 Å². The van der Waals surface area contributed by atoms with E-state index in [1.54, 1.807) is 5.51 Å². The van der Waals surface area contributed by atoms with Crippen molar-refractivity contribution in [2.75, 3.05) is 13.1 Å². The van der Waals surface area contributed by atoms with Crippen molar-refractivity contribution in [1.29, 1.82) is 0 Å². The molecule has 0 aliphatic carbocycles. The number of likely N-dealkylation sites (tertiary alicyclic amines) is 1. The molecule has 6 heteroatoms. The number of rotatable bonds is 4. The zero-order valence-corrected chi connectivity index (χ0v) is 13.3. The van der Waals surface area contributed by atoms with Crippen molar-refractivity contribution in [3.63, 3.8) is 0 Å². The van der Waals surface area contributed by atoms with Crippen molar-refractivity contribution in [3.8, 4) is 0 Å². The van der Waals surface area contributed by atoms with Crippen LogP contribution in [0.4, 0.5) is 0 Å². The summed E-state index contributed by atoms with van der Waals surface area (Å²) in [5.41, 5.74) is 2.74. The molecule has 1 fully saturated rings. The zero-order valence-electron chi connectivity index (χ0n) is 11.6. The van der Waals surface area contributed by atoms with Crippen LogP contribution in [0.15, 0.2) is 40.2 Å². The number of amides is 1. The lowest BCUT2D eigenvalue weighted by atomic mass is 10.1. The summed E-state index contributed by atoms with van der Waals surface area (Å²) in [5, 5.41) is 7.71. The molecule has 0 spiro atoms. The van der Waals surface area contributed by atoms with Crippen LogP contribution in [0.1, 0.15) is 30.1 Å². The van der Waals surface area contributed by atoms with Gasteiger partial charge in [0.1, 0.15) is 10.8 Å². The summed E-state index contributed by atoms with van der Waals surface area (Å²) >= 11 is 2.98. The van der Waals surface area contributed by atoms with Crippen molar-refractivity contribution >= 4 is 29.0 Å². The highest BCUT2D eigenvalue weighted by Gasteiger charge is 2.28. The third kappa shape index (κ3) is 3.63. The van der Waals surface area contributed by atoms with E-state index in [1.165, 1.54) is 29.5 Å². The van der Waals surface area contributed by atoms with Gasteiger partial charge in [0.15, 0.2) is 4.34 Å². The summed E-state index contributed by atoms with van der Waals surface area (Å²) < 4.78 is 0.842. The molecule has 4 nitrogen and oxygen atoms in total. The van der Waals surface area contributed by atoms with E-state index in [4.69, 9.17) is 0 Å². The molecule has 1 aromatic heterocycles. The van der Waals surface area contributed by atoms with Gasteiger partial charge in [-0.25, -0.2) is 0 Å². The van der Waals surface area contributed by atoms with Crippen LogP contribution in [0.3, 0.4) is 0 Å². The van der Waals surface area contributed by atoms with Gasteiger partial charge < -0.3 is 4.90 Å². The number of benzene rings is 1. The standard InChI is InChI=1S/C15H17N3OS2/c19-14(18-9-5-2-6-10-18)13(12-7-3-1-4-8-12)21-15-17-16-11-20-15/h1,3-4,7-8,11,13H,2,5-6,9-10H2/t13-/m0/s1. The molecule has 2 heterocycles. The maximum Gasteiger partial charge on any atom is 0.240 e. The summed E-state index contributed by atoms with van der Waals surface area (Å²) in [5.74, 6) is 0.195. The Balaban J connectivity index is 1.82. The number of carbonyl (C=O) groups is 1. The van der Waals surface area contributed by atoms with E-state index in [-0.39, 0.29) is 11.2 Å². The fourth-order valence-corrected chi connectivity index (χ4v) is 4.24. The summed E-state index contributed by atoms with van der Waals surface area (Å²) in [6.45, 7) is 1.75. The van der Waals surface area contributed by atoms with Gasteiger partial charge in [0.2, 0.25) is 5.91 Å². The predicted octanol–water partition coefficient (Wildman–Crippen LogP) is 3.38. The molecule has 1 aliphatic rings. The fraction of sp³-hybridized carbons (Fsp3) is 0.400. The molecule has 3 rings (SSSR count). The first kappa shape index (κ1) is 14.5. The Morgan fingerprint density at radius 3 is 2.62 bits per heavy atom. The predicted molar refractivity (Wildman–Crippen MR) is 85.4 cm³/mol. The average Bonchev–Trinajstić information content (AvgIpc) is 3.07. The Bertz CT molecular complexity index is 568. The van der Waals surface area contributed by atoms with Crippen LogP contribution in [0, 0.1) is 0 Å². The Hall–Kier alpha value is -1.40. The maximum absolute atomic E-state index is 12.9. The van der Waals surface area contributed by atoms with Crippen LogP contribution < -0.4 is 0 Å². The number of carbonyl (C=O) groups excluding carboxylic acids is 1. The van der Waals surface area contributed by atoms with Gasteiger partial charge in [0, 0.05) is 13.1 Å². The van der Waals surface area contributed by atoms with Crippen molar-refractivity contribution < 1.29 is 4.79 Å². The molecule has 110 valence electrons. The highest BCUT2D eigenvalue weighted by atomic mass is 32.2.